The van der Waals surface area contributed by atoms with E-state index in [1.807, 2.05) is 29.2 Å². The Hall–Kier alpha value is -3.10. The molecule has 0 saturated heterocycles. The number of carboxylic acid groups (broad SMARTS) is 1. The summed E-state index contributed by atoms with van der Waals surface area (Å²) in [5, 5.41) is 11.7. The first-order valence-corrected chi connectivity index (χ1v) is 9.39. The minimum absolute atomic E-state index is 0.189. The van der Waals surface area contributed by atoms with Gasteiger partial charge in [0.1, 0.15) is 11.7 Å². The Morgan fingerprint density at radius 3 is 2.43 bits per heavy atom. The van der Waals surface area contributed by atoms with Crippen LogP contribution in [0, 0.1) is 0 Å². The topological polar surface area (TPSA) is 146 Å². The summed E-state index contributed by atoms with van der Waals surface area (Å²) in [4.78, 5) is 33.3. The monoisotopic (exact) mass is 386 g/mol. The number of benzene rings is 1. The molecule has 1 aliphatic carbocycles. The summed E-state index contributed by atoms with van der Waals surface area (Å²) in [6.07, 6.45) is 5.10. The lowest BCUT2D eigenvalue weighted by Gasteiger charge is -2.45. The highest BCUT2D eigenvalue weighted by Crippen LogP contribution is 2.39. The molecule has 1 aliphatic heterocycles. The van der Waals surface area contributed by atoms with Crippen molar-refractivity contribution in [1.29, 1.82) is 0 Å². The van der Waals surface area contributed by atoms with E-state index < -0.39 is 17.7 Å². The number of carbonyl (C=O) groups is 2. The Kier molecular flexibility index (Phi) is 5.53. The van der Waals surface area contributed by atoms with Crippen LogP contribution < -0.4 is 21.7 Å². The van der Waals surface area contributed by atoms with Gasteiger partial charge < -0.3 is 21.9 Å². The van der Waals surface area contributed by atoms with Crippen LogP contribution in [0.4, 0.5) is 5.69 Å². The second-order valence-corrected chi connectivity index (χ2v) is 7.28. The van der Waals surface area contributed by atoms with Gasteiger partial charge in [-0.1, -0.05) is 18.6 Å². The number of nitrogens with one attached hydrogen (secondary N) is 1. The summed E-state index contributed by atoms with van der Waals surface area (Å²) in [6, 6.07) is 6.44. The van der Waals surface area contributed by atoms with Crippen molar-refractivity contribution in [3.05, 3.63) is 29.8 Å². The summed E-state index contributed by atoms with van der Waals surface area (Å²) in [5.74, 6) is -0.940. The first-order chi connectivity index (χ1) is 13.3. The van der Waals surface area contributed by atoms with E-state index in [-0.39, 0.29) is 18.3 Å². The molecule has 1 saturated carbocycles. The highest BCUT2D eigenvalue weighted by molar-refractivity contribution is 6.05. The number of aliphatic imine (C=N–C) groups is 2. The summed E-state index contributed by atoms with van der Waals surface area (Å²) >= 11 is 0. The Morgan fingerprint density at radius 1 is 1.21 bits per heavy atom. The third kappa shape index (κ3) is 4.08. The number of aliphatic carboxylic acids is 1. The van der Waals surface area contributed by atoms with Gasteiger partial charge in [0.15, 0.2) is 0 Å². The maximum absolute atomic E-state index is 11.3. The van der Waals surface area contributed by atoms with Crippen molar-refractivity contribution in [1.82, 2.24) is 5.32 Å². The number of nitrogens with two attached hydrogens (primary N) is 2. The van der Waals surface area contributed by atoms with Gasteiger partial charge in [0.2, 0.25) is 17.8 Å². The van der Waals surface area contributed by atoms with Gasteiger partial charge in [-0.15, -0.1) is 0 Å². The molecule has 2 aliphatic rings. The molecule has 1 spiro atoms. The predicted molar refractivity (Wildman–Crippen MR) is 107 cm³/mol. The Morgan fingerprint density at radius 2 is 1.86 bits per heavy atom. The molecule has 28 heavy (non-hydrogen) atoms. The second-order valence-electron chi connectivity index (χ2n) is 7.28. The molecule has 1 aromatic carbocycles. The van der Waals surface area contributed by atoms with Gasteiger partial charge in [-0.25, -0.2) is 9.79 Å². The van der Waals surface area contributed by atoms with Crippen molar-refractivity contribution in [2.24, 2.45) is 21.5 Å². The molecule has 0 bridgehead atoms. The van der Waals surface area contributed by atoms with Gasteiger partial charge in [0.25, 0.3) is 0 Å². The van der Waals surface area contributed by atoms with Gasteiger partial charge in [-0.3, -0.25) is 9.69 Å². The number of carbonyl (C=O) groups excluding carboxylic acids is 1. The van der Waals surface area contributed by atoms with Crippen LogP contribution in [0.15, 0.2) is 34.3 Å². The average Bonchev–Trinajstić information content (AvgIpc) is 2.62. The fourth-order valence-electron chi connectivity index (χ4n) is 3.96. The normalized spacial score (nSPS) is 19.5. The van der Waals surface area contributed by atoms with Crippen molar-refractivity contribution in [3.63, 3.8) is 0 Å². The maximum Gasteiger partial charge on any atom is 0.326 e. The quantitative estimate of drug-likeness (QED) is 0.592. The zero-order valence-corrected chi connectivity index (χ0v) is 15.9. The minimum atomic E-state index is -1.07. The highest BCUT2D eigenvalue weighted by atomic mass is 16.4. The fraction of sp³-hybridized carbons (Fsp3) is 0.474. The van der Waals surface area contributed by atoms with E-state index in [9.17, 15) is 14.7 Å². The summed E-state index contributed by atoms with van der Waals surface area (Å²) in [5.41, 5.74) is 13.2. The third-order valence-electron chi connectivity index (χ3n) is 5.16. The van der Waals surface area contributed by atoms with Crippen LogP contribution in [0.25, 0.3) is 0 Å². The van der Waals surface area contributed by atoms with Crippen molar-refractivity contribution in [2.45, 2.75) is 57.2 Å². The van der Waals surface area contributed by atoms with Gasteiger partial charge in [-0.2, -0.15) is 4.99 Å². The molecule has 1 amide bonds. The van der Waals surface area contributed by atoms with E-state index in [2.05, 4.69) is 15.3 Å². The van der Waals surface area contributed by atoms with Crippen LogP contribution in [-0.4, -0.2) is 40.6 Å². The average molecular weight is 386 g/mol. The van der Waals surface area contributed by atoms with E-state index in [1.54, 1.807) is 0 Å². The number of carboxylic acids is 1. The van der Waals surface area contributed by atoms with E-state index in [1.165, 1.54) is 6.92 Å². The Labute approximate surface area is 163 Å². The number of anilines is 1. The molecule has 1 unspecified atom stereocenters. The number of guanidine groups is 2. The zero-order valence-electron chi connectivity index (χ0n) is 15.9. The van der Waals surface area contributed by atoms with Crippen molar-refractivity contribution in [3.8, 4) is 0 Å². The van der Waals surface area contributed by atoms with Crippen molar-refractivity contribution in [2.75, 3.05) is 4.90 Å². The number of nitrogens with zero attached hydrogens (tertiary/aromatic N) is 3. The second kappa shape index (κ2) is 7.87. The first kappa shape index (κ1) is 19.7. The van der Waals surface area contributed by atoms with Gasteiger partial charge in [0.05, 0.1) is 0 Å². The molecule has 3 rings (SSSR count). The van der Waals surface area contributed by atoms with Crippen LogP contribution in [0.3, 0.4) is 0 Å². The maximum atomic E-state index is 11.3. The molecular weight excluding hydrogens is 360 g/mol. The standard InChI is InChI=1S/C19H26N6O3/c1-12(26)22-15(16(27)28)11-13-5-7-14(8-6-13)25-18(21)23-17(20)24-19(25)9-3-2-4-10-19/h5-8,15H,2-4,9-11H2,1H3,(H,22,26)(H,27,28)(H4,20,21,23,24). The molecule has 150 valence electrons. The lowest BCUT2D eigenvalue weighted by molar-refractivity contribution is -0.141. The summed E-state index contributed by atoms with van der Waals surface area (Å²) in [6.45, 7) is 1.30. The molecule has 0 aromatic heterocycles. The lowest BCUT2D eigenvalue weighted by Crippen LogP contribution is -2.58. The smallest absolute Gasteiger partial charge is 0.326 e. The largest absolute Gasteiger partial charge is 0.480 e. The molecule has 1 fully saturated rings. The first-order valence-electron chi connectivity index (χ1n) is 9.39. The van der Waals surface area contributed by atoms with Crippen molar-refractivity contribution >= 4 is 29.5 Å². The molecule has 0 radical (unpaired) electrons. The van der Waals surface area contributed by atoms with E-state index in [0.717, 1.165) is 43.4 Å². The van der Waals surface area contributed by atoms with E-state index in [4.69, 9.17) is 11.5 Å². The number of hydrogen-bond donors (Lipinski definition) is 4. The Balaban J connectivity index is 1.84. The van der Waals surface area contributed by atoms with E-state index >= 15 is 0 Å². The van der Waals surface area contributed by atoms with Crippen LogP contribution in [-0.2, 0) is 16.0 Å². The Bertz CT molecular complexity index is 811. The van der Waals surface area contributed by atoms with Crippen molar-refractivity contribution < 1.29 is 14.7 Å². The predicted octanol–water partition coefficient (Wildman–Crippen LogP) is 0.928. The number of hydrogen-bond acceptors (Lipinski definition) is 7. The highest BCUT2D eigenvalue weighted by Gasteiger charge is 2.42. The number of rotatable bonds is 5. The molecule has 6 N–H and O–H groups in total. The fourth-order valence-corrected chi connectivity index (χ4v) is 3.96. The minimum Gasteiger partial charge on any atom is -0.480 e. The summed E-state index contributed by atoms with van der Waals surface area (Å²) < 4.78 is 0. The van der Waals surface area contributed by atoms with Gasteiger partial charge in [-0.05, 0) is 43.4 Å². The van der Waals surface area contributed by atoms with Crippen LogP contribution in [0.2, 0.25) is 0 Å². The van der Waals surface area contributed by atoms with E-state index in [0.29, 0.717) is 5.96 Å². The zero-order chi connectivity index (χ0) is 20.3. The van der Waals surface area contributed by atoms with Crippen LogP contribution in [0.1, 0.15) is 44.6 Å². The SMILES string of the molecule is CC(=O)NC(Cc1ccc(N2C(N)=NC(N)=NC23CCCCC3)cc1)C(=O)O. The molecule has 1 aromatic rings. The molecule has 9 nitrogen and oxygen atoms in total. The third-order valence-corrected chi connectivity index (χ3v) is 5.16. The summed E-state index contributed by atoms with van der Waals surface area (Å²) in [7, 11) is 0. The molecular formula is C19H26N6O3. The van der Waals surface area contributed by atoms with Crippen LogP contribution >= 0.6 is 0 Å². The van der Waals surface area contributed by atoms with Gasteiger partial charge in [0, 0.05) is 19.0 Å². The van der Waals surface area contributed by atoms with Crippen LogP contribution in [0.5, 0.6) is 0 Å². The molecule has 9 heteroatoms. The molecule has 1 heterocycles. The van der Waals surface area contributed by atoms with Gasteiger partial charge >= 0.3 is 5.97 Å². The number of amides is 1. The molecule has 1 atom stereocenters. The lowest BCUT2D eigenvalue weighted by atomic mass is 9.87.